The average molecular weight is 483 g/mol. The molecule has 0 aliphatic carbocycles. The van der Waals surface area contributed by atoms with Gasteiger partial charge in [-0.2, -0.15) is 0 Å². The van der Waals surface area contributed by atoms with E-state index in [2.05, 4.69) is 9.97 Å². The smallest absolute Gasteiger partial charge is 0.330 e. The minimum absolute atomic E-state index is 0.0333. The molecule has 0 saturated heterocycles. The molecule has 8 nitrogen and oxygen atoms in total. The van der Waals surface area contributed by atoms with Crippen molar-refractivity contribution in [2.75, 3.05) is 17.2 Å². The second kappa shape index (κ2) is 9.55. The Morgan fingerprint density at radius 1 is 1.16 bits per heavy atom. The molecule has 0 unspecified atom stereocenters. The topological polar surface area (TPSA) is 114 Å². The fourth-order valence-corrected chi connectivity index (χ4v) is 3.58. The molecule has 0 fully saturated rings. The summed E-state index contributed by atoms with van der Waals surface area (Å²) >= 11 is 18.1. The summed E-state index contributed by atoms with van der Waals surface area (Å²) in [6.07, 6.45) is 1.68. The van der Waals surface area contributed by atoms with Crippen molar-refractivity contribution in [3.63, 3.8) is 0 Å². The summed E-state index contributed by atoms with van der Waals surface area (Å²) < 4.78 is 1.19. The van der Waals surface area contributed by atoms with Crippen molar-refractivity contribution in [2.45, 2.75) is 19.9 Å². The van der Waals surface area contributed by atoms with Gasteiger partial charge in [-0.3, -0.25) is 24.0 Å². The van der Waals surface area contributed by atoms with Crippen molar-refractivity contribution in [3.8, 4) is 0 Å². The van der Waals surface area contributed by atoms with Gasteiger partial charge in [0.1, 0.15) is 11.5 Å². The summed E-state index contributed by atoms with van der Waals surface area (Å²) in [5, 5.41) is -0.0963. The zero-order chi connectivity index (χ0) is 22.7. The third kappa shape index (κ3) is 4.61. The predicted molar refractivity (Wildman–Crippen MR) is 123 cm³/mol. The Bertz CT molecular complexity index is 1240. The number of anilines is 2. The normalized spacial score (nSPS) is 10.8. The zero-order valence-electron chi connectivity index (χ0n) is 16.4. The van der Waals surface area contributed by atoms with Crippen molar-refractivity contribution < 1.29 is 4.79 Å². The van der Waals surface area contributed by atoms with Gasteiger partial charge in [-0.05, 0) is 12.0 Å². The Morgan fingerprint density at radius 3 is 2.48 bits per heavy atom. The number of nitrogens with two attached hydrogens (primary N) is 1. The highest BCUT2D eigenvalue weighted by atomic mass is 35.5. The van der Waals surface area contributed by atoms with Gasteiger partial charge in [0.15, 0.2) is 5.69 Å². The molecule has 1 amide bonds. The first kappa shape index (κ1) is 22.9. The van der Waals surface area contributed by atoms with Crippen LogP contribution in [0.15, 0.2) is 46.1 Å². The number of aromatic amines is 1. The van der Waals surface area contributed by atoms with Crippen LogP contribution in [0.4, 0.5) is 11.5 Å². The molecule has 3 N–H and O–H groups in total. The lowest BCUT2D eigenvalue weighted by molar-refractivity contribution is 0.0982. The maximum atomic E-state index is 13.3. The Morgan fingerprint density at radius 2 is 1.84 bits per heavy atom. The molecular formula is C20H18Cl3N5O3. The standard InChI is InChI=1S/C20H18Cl3N5O3/c1-2-8-27(19(30)15-14(23)13(22)12(21)9-25-15)16-17(24)28(20(31)26-18(16)29)10-11-6-4-3-5-7-11/h3-7,9H,2,8,10,24H2,1H3,(H,26,29,31). The van der Waals surface area contributed by atoms with Gasteiger partial charge in [0.05, 0.1) is 21.6 Å². The van der Waals surface area contributed by atoms with Gasteiger partial charge >= 0.3 is 5.69 Å². The van der Waals surface area contributed by atoms with E-state index in [1.165, 1.54) is 10.8 Å². The second-order valence-electron chi connectivity index (χ2n) is 6.60. The second-order valence-corrected chi connectivity index (χ2v) is 7.77. The van der Waals surface area contributed by atoms with E-state index in [0.717, 1.165) is 10.5 Å². The molecule has 0 bridgehead atoms. The highest BCUT2D eigenvalue weighted by Crippen LogP contribution is 2.32. The van der Waals surface area contributed by atoms with Crippen LogP contribution in [-0.2, 0) is 6.54 Å². The Kier molecular flexibility index (Phi) is 7.04. The number of pyridine rings is 1. The maximum absolute atomic E-state index is 13.3. The summed E-state index contributed by atoms with van der Waals surface area (Å²) in [6.45, 7) is 2.04. The Hall–Kier alpha value is -2.81. The molecular weight excluding hydrogens is 465 g/mol. The summed E-state index contributed by atoms with van der Waals surface area (Å²) in [5.74, 6) is -0.858. The number of halogens is 3. The van der Waals surface area contributed by atoms with Crippen LogP contribution in [0.5, 0.6) is 0 Å². The number of benzene rings is 1. The lowest BCUT2D eigenvalue weighted by Gasteiger charge is -2.24. The first-order valence-electron chi connectivity index (χ1n) is 9.24. The van der Waals surface area contributed by atoms with E-state index < -0.39 is 17.2 Å². The Balaban J connectivity index is 2.14. The van der Waals surface area contributed by atoms with Crippen LogP contribution in [0.3, 0.4) is 0 Å². The van der Waals surface area contributed by atoms with Crippen LogP contribution >= 0.6 is 34.8 Å². The number of hydrogen-bond acceptors (Lipinski definition) is 5. The van der Waals surface area contributed by atoms with Gasteiger partial charge in [0, 0.05) is 12.7 Å². The minimum atomic E-state index is -0.801. The minimum Gasteiger partial charge on any atom is -0.383 e. The fraction of sp³-hybridized carbons (Fsp3) is 0.200. The van der Waals surface area contributed by atoms with Crippen LogP contribution in [0.2, 0.25) is 15.1 Å². The van der Waals surface area contributed by atoms with Crippen LogP contribution in [-0.4, -0.2) is 27.0 Å². The third-order valence-electron chi connectivity index (χ3n) is 4.48. The third-order valence-corrected chi connectivity index (χ3v) is 5.72. The highest BCUT2D eigenvalue weighted by Gasteiger charge is 2.28. The molecule has 162 valence electrons. The molecule has 0 aliphatic rings. The Labute approximate surface area is 192 Å². The largest absolute Gasteiger partial charge is 0.383 e. The molecule has 0 spiro atoms. The van der Waals surface area contributed by atoms with E-state index in [-0.39, 0.29) is 45.4 Å². The van der Waals surface area contributed by atoms with Crippen molar-refractivity contribution in [1.82, 2.24) is 14.5 Å². The molecule has 11 heteroatoms. The van der Waals surface area contributed by atoms with Crippen LogP contribution in [0, 0.1) is 0 Å². The number of amides is 1. The molecule has 2 aromatic heterocycles. The van der Waals surface area contributed by atoms with Gasteiger partial charge in [0.2, 0.25) is 0 Å². The summed E-state index contributed by atoms with van der Waals surface area (Å²) in [6, 6.07) is 9.08. The number of hydrogen-bond donors (Lipinski definition) is 2. The van der Waals surface area contributed by atoms with Crippen molar-refractivity contribution in [2.24, 2.45) is 0 Å². The number of carbonyl (C=O) groups excluding carboxylic acids is 1. The summed E-state index contributed by atoms with van der Waals surface area (Å²) in [4.78, 5) is 45.7. The number of rotatable bonds is 6. The molecule has 2 heterocycles. The van der Waals surface area contributed by atoms with Gasteiger partial charge in [0.25, 0.3) is 11.5 Å². The lowest BCUT2D eigenvalue weighted by atomic mass is 10.2. The van der Waals surface area contributed by atoms with Gasteiger partial charge in [-0.1, -0.05) is 72.1 Å². The zero-order valence-corrected chi connectivity index (χ0v) is 18.6. The molecule has 31 heavy (non-hydrogen) atoms. The molecule has 3 rings (SSSR count). The SMILES string of the molecule is CCCN(C(=O)c1ncc(Cl)c(Cl)c1Cl)c1c(N)n(Cc2ccccc2)c(=O)[nH]c1=O. The number of nitrogens with zero attached hydrogens (tertiary/aromatic N) is 3. The van der Waals surface area contributed by atoms with Gasteiger partial charge in [-0.25, -0.2) is 9.78 Å². The number of H-pyrrole nitrogens is 1. The van der Waals surface area contributed by atoms with E-state index >= 15 is 0 Å². The van der Waals surface area contributed by atoms with Crippen LogP contribution in [0.25, 0.3) is 0 Å². The monoisotopic (exact) mass is 481 g/mol. The fourth-order valence-electron chi connectivity index (χ4n) is 3.02. The number of carbonyl (C=O) groups is 1. The molecule has 0 aliphatic heterocycles. The van der Waals surface area contributed by atoms with E-state index in [1.807, 2.05) is 37.3 Å². The van der Waals surface area contributed by atoms with E-state index in [0.29, 0.717) is 6.42 Å². The number of nitrogens with one attached hydrogen (secondary N) is 1. The van der Waals surface area contributed by atoms with Gasteiger partial charge < -0.3 is 5.73 Å². The molecule has 0 radical (unpaired) electrons. The van der Waals surface area contributed by atoms with E-state index in [4.69, 9.17) is 40.5 Å². The average Bonchev–Trinajstić information content (AvgIpc) is 2.74. The van der Waals surface area contributed by atoms with Crippen molar-refractivity contribution >= 4 is 52.2 Å². The van der Waals surface area contributed by atoms with Crippen LogP contribution < -0.4 is 21.9 Å². The number of nitrogen functional groups attached to an aromatic ring is 1. The molecule has 1 aromatic carbocycles. The molecule has 0 atom stereocenters. The number of aromatic nitrogens is 3. The van der Waals surface area contributed by atoms with Crippen molar-refractivity contribution in [3.05, 3.63) is 83.7 Å². The molecule has 0 saturated carbocycles. The predicted octanol–water partition coefficient (Wildman–Crippen LogP) is 3.58. The highest BCUT2D eigenvalue weighted by molar-refractivity contribution is 6.49. The molecule has 3 aromatic rings. The first-order valence-corrected chi connectivity index (χ1v) is 10.4. The maximum Gasteiger partial charge on any atom is 0.330 e. The first-order chi connectivity index (χ1) is 14.8. The van der Waals surface area contributed by atoms with E-state index in [9.17, 15) is 14.4 Å². The van der Waals surface area contributed by atoms with Gasteiger partial charge in [-0.15, -0.1) is 0 Å². The van der Waals surface area contributed by atoms with Crippen LogP contribution in [0.1, 0.15) is 29.4 Å². The summed E-state index contributed by atoms with van der Waals surface area (Å²) in [7, 11) is 0. The quantitative estimate of drug-likeness (QED) is 0.557. The van der Waals surface area contributed by atoms with E-state index in [1.54, 1.807) is 0 Å². The lowest BCUT2D eigenvalue weighted by Crippen LogP contribution is -2.42. The summed E-state index contributed by atoms with van der Waals surface area (Å²) in [5.41, 5.74) is 5.15. The van der Waals surface area contributed by atoms with Crippen molar-refractivity contribution in [1.29, 1.82) is 0 Å².